The van der Waals surface area contributed by atoms with Gasteiger partial charge in [-0.3, -0.25) is 4.79 Å². The standard InChI is InChI=1S/C15H13BrClNO/c1-18(10-12-4-2-3-5-14(12)16)15(19)11-6-8-13(17)9-7-11/h2-9H,10H2,1H3. The number of halogens is 2. The molecule has 0 aliphatic rings. The van der Waals surface area contributed by atoms with E-state index in [9.17, 15) is 4.79 Å². The summed E-state index contributed by atoms with van der Waals surface area (Å²) in [4.78, 5) is 13.9. The van der Waals surface area contributed by atoms with Crippen molar-refractivity contribution in [3.05, 3.63) is 69.2 Å². The van der Waals surface area contributed by atoms with Crippen molar-refractivity contribution in [1.29, 1.82) is 0 Å². The minimum absolute atomic E-state index is 0.0209. The molecule has 0 bridgehead atoms. The van der Waals surface area contributed by atoms with Gasteiger partial charge in [0.1, 0.15) is 0 Å². The number of carbonyl (C=O) groups is 1. The van der Waals surface area contributed by atoms with Crippen molar-refractivity contribution < 1.29 is 4.79 Å². The van der Waals surface area contributed by atoms with Crippen LogP contribution in [0.1, 0.15) is 15.9 Å². The van der Waals surface area contributed by atoms with Gasteiger partial charge in [0.05, 0.1) is 0 Å². The summed E-state index contributed by atoms with van der Waals surface area (Å²) in [6.07, 6.45) is 0. The first kappa shape index (κ1) is 14.1. The van der Waals surface area contributed by atoms with Gasteiger partial charge >= 0.3 is 0 Å². The van der Waals surface area contributed by atoms with Gasteiger partial charge in [0, 0.05) is 28.7 Å². The molecule has 0 unspecified atom stereocenters. The van der Waals surface area contributed by atoms with Gasteiger partial charge in [-0.05, 0) is 35.9 Å². The maximum Gasteiger partial charge on any atom is 0.253 e. The molecular weight excluding hydrogens is 326 g/mol. The highest BCUT2D eigenvalue weighted by molar-refractivity contribution is 9.10. The van der Waals surface area contributed by atoms with Crippen LogP contribution in [0.15, 0.2) is 53.0 Å². The molecule has 4 heteroatoms. The van der Waals surface area contributed by atoms with Crippen LogP contribution in [0.3, 0.4) is 0 Å². The second kappa shape index (κ2) is 6.22. The summed E-state index contributed by atoms with van der Waals surface area (Å²) in [7, 11) is 1.79. The summed E-state index contributed by atoms with van der Waals surface area (Å²) in [5.74, 6) is -0.0209. The summed E-state index contributed by atoms with van der Waals surface area (Å²) < 4.78 is 1.01. The van der Waals surface area contributed by atoms with E-state index >= 15 is 0 Å². The van der Waals surface area contributed by atoms with Crippen LogP contribution in [0.2, 0.25) is 5.02 Å². The molecule has 0 aliphatic carbocycles. The number of hydrogen-bond donors (Lipinski definition) is 0. The Labute approximate surface area is 126 Å². The number of benzene rings is 2. The second-order valence-corrected chi connectivity index (χ2v) is 5.55. The smallest absolute Gasteiger partial charge is 0.253 e. The van der Waals surface area contributed by atoms with Crippen molar-refractivity contribution in [3.8, 4) is 0 Å². The molecule has 2 aromatic carbocycles. The van der Waals surface area contributed by atoms with Gasteiger partial charge in [-0.2, -0.15) is 0 Å². The van der Waals surface area contributed by atoms with E-state index in [1.807, 2.05) is 24.3 Å². The van der Waals surface area contributed by atoms with Crippen LogP contribution in [-0.2, 0) is 6.54 Å². The Bertz CT molecular complexity index is 583. The van der Waals surface area contributed by atoms with Gasteiger partial charge in [-0.1, -0.05) is 45.7 Å². The Morgan fingerprint density at radius 3 is 2.42 bits per heavy atom. The van der Waals surface area contributed by atoms with Gasteiger partial charge in [0.25, 0.3) is 5.91 Å². The quantitative estimate of drug-likeness (QED) is 0.813. The molecule has 0 saturated heterocycles. The Hall–Kier alpha value is -1.32. The normalized spacial score (nSPS) is 10.3. The lowest BCUT2D eigenvalue weighted by molar-refractivity contribution is 0.0785. The highest BCUT2D eigenvalue weighted by atomic mass is 79.9. The fourth-order valence-corrected chi connectivity index (χ4v) is 2.30. The Morgan fingerprint density at radius 1 is 1.16 bits per heavy atom. The molecule has 0 heterocycles. The minimum Gasteiger partial charge on any atom is -0.337 e. The fraction of sp³-hybridized carbons (Fsp3) is 0.133. The first-order valence-corrected chi connectivity index (χ1v) is 6.99. The summed E-state index contributed by atoms with van der Waals surface area (Å²) in [6, 6.07) is 14.8. The average Bonchev–Trinajstić information content (AvgIpc) is 2.41. The zero-order valence-electron chi connectivity index (χ0n) is 10.4. The fourth-order valence-electron chi connectivity index (χ4n) is 1.77. The van der Waals surface area contributed by atoms with Crippen molar-refractivity contribution in [2.75, 3.05) is 7.05 Å². The first-order valence-electron chi connectivity index (χ1n) is 5.82. The van der Waals surface area contributed by atoms with Crippen molar-refractivity contribution in [3.63, 3.8) is 0 Å². The van der Waals surface area contributed by atoms with E-state index in [-0.39, 0.29) is 5.91 Å². The lowest BCUT2D eigenvalue weighted by atomic mass is 10.1. The number of nitrogens with zero attached hydrogens (tertiary/aromatic N) is 1. The lowest BCUT2D eigenvalue weighted by Gasteiger charge is -2.18. The van der Waals surface area contributed by atoms with Crippen molar-refractivity contribution in [2.45, 2.75) is 6.54 Å². The van der Waals surface area contributed by atoms with Crippen LogP contribution in [0.4, 0.5) is 0 Å². The van der Waals surface area contributed by atoms with E-state index < -0.39 is 0 Å². The molecule has 19 heavy (non-hydrogen) atoms. The predicted octanol–water partition coefficient (Wildman–Crippen LogP) is 4.37. The maximum absolute atomic E-state index is 12.2. The number of carbonyl (C=O) groups excluding carboxylic acids is 1. The molecule has 0 spiro atoms. The molecule has 0 N–H and O–H groups in total. The molecule has 98 valence electrons. The van der Waals surface area contributed by atoms with Gasteiger partial charge < -0.3 is 4.90 Å². The molecule has 1 amide bonds. The zero-order valence-corrected chi connectivity index (χ0v) is 12.8. The van der Waals surface area contributed by atoms with Crippen LogP contribution >= 0.6 is 27.5 Å². The van der Waals surface area contributed by atoms with Crippen molar-refractivity contribution in [1.82, 2.24) is 4.90 Å². The van der Waals surface area contributed by atoms with Crippen molar-refractivity contribution >= 4 is 33.4 Å². The maximum atomic E-state index is 12.2. The van der Waals surface area contributed by atoms with E-state index in [0.717, 1.165) is 10.0 Å². The molecule has 0 fully saturated rings. The van der Waals surface area contributed by atoms with Crippen LogP contribution in [0.25, 0.3) is 0 Å². The van der Waals surface area contributed by atoms with E-state index in [0.29, 0.717) is 17.1 Å². The van der Waals surface area contributed by atoms with Gasteiger partial charge in [-0.15, -0.1) is 0 Å². The van der Waals surface area contributed by atoms with Crippen molar-refractivity contribution in [2.24, 2.45) is 0 Å². The molecule has 0 aromatic heterocycles. The highest BCUT2D eigenvalue weighted by Crippen LogP contribution is 2.18. The topological polar surface area (TPSA) is 20.3 Å². The summed E-state index contributed by atoms with van der Waals surface area (Å²) in [5.41, 5.74) is 1.71. The number of hydrogen-bond acceptors (Lipinski definition) is 1. The van der Waals surface area contributed by atoms with Crippen LogP contribution in [0, 0.1) is 0 Å². The van der Waals surface area contributed by atoms with E-state index in [1.54, 1.807) is 36.2 Å². The van der Waals surface area contributed by atoms with E-state index in [4.69, 9.17) is 11.6 Å². The van der Waals surface area contributed by atoms with Gasteiger partial charge in [0.2, 0.25) is 0 Å². The monoisotopic (exact) mass is 337 g/mol. The molecule has 0 radical (unpaired) electrons. The largest absolute Gasteiger partial charge is 0.337 e. The minimum atomic E-state index is -0.0209. The Kier molecular flexibility index (Phi) is 4.61. The lowest BCUT2D eigenvalue weighted by Crippen LogP contribution is -2.26. The van der Waals surface area contributed by atoms with Gasteiger partial charge in [-0.25, -0.2) is 0 Å². The number of rotatable bonds is 3. The average molecular weight is 339 g/mol. The summed E-state index contributed by atoms with van der Waals surface area (Å²) in [5, 5.41) is 0.630. The molecule has 0 atom stereocenters. The molecule has 2 rings (SSSR count). The molecule has 0 aliphatic heterocycles. The number of amides is 1. The predicted molar refractivity (Wildman–Crippen MR) is 81.4 cm³/mol. The van der Waals surface area contributed by atoms with E-state index in [2.05, 4.69) is 15.9 Å². The summed E-state index contributed by atoms with van der Waals surface area (Å²) >= 11 is 9.30. The zero-order chi connectivity index (χ0) is 13.8. The summed E-state index contributed by atoms with van der Waals surface area (Å²) in [6.45, 7) is 0.558. The molecule has 2 nitrogen and oxygen atoms in total. The Balaban J connectivity index is 2.12. The Morgan fingerprint density at radius 2 is 1.79 bits per heavy atom. The molecule has 2 aromatic rings. The third-order valence-electron chi connectivity index (χ3n) is 2.80. The van der Waals surface area contributed by atoms with E-state index in [1.165, 1.54) is 0 Å². The molecule has 0 saturated carbocycles. The van der Waals surface area contributed by atoms with Gasteiger partial charge in [0.15, 0.2) is 0 Å². The molecular formula is C15H13BrClNO. The third kappa shape index (κ3) is 3.58. The first-order chi connectivity index (χ1) is 9.08. The second-order valence-electron chi connectivity index (χ2n) is 4.26. The highest BCUT2D eigenvalue weighted by Gasteiger charge is 2.12. The van der Waals surface area contributed by atoms with Crippen LogP contribution in [0.5, 0.6) is 0 Å². The SMILES string of the molecule is CN(Cc1ccccc1Br)C(=O)c1ccc(Cl)cc1. The third-order valence-corrected chi connectivity index (χ3v) is 3.83. The van der Waals surface area contributed by atoms with Crippen LogP contribution in [-0.4, -0.2) is 17.9 Å². The van der Waals surface area contributed by atoms with Crippen LogP contribution < -0.4 is 0 Å².